The van der Waals surface area contributed by atoms with Gasteiger partial charge in [-0.15, -0.1) is 0 Å². The maximum atomic E-state index is 12.3. The van der Waals surface area contributed by atoms with Gasteiger partial charge in [-0.3, -0.25) is 4.79 Å². The highest BCUT2D eigenvalue weighted by Gasteiger charge is 2.15. The second-order valence-electron chi connectivity index (χ2n) is 4.01. The fraction of sp³-hybridized carbons (Fsp3) is 0.538. The van der Waals surface area contributed by atoms with E-state index in [1.165, 1.54) is 0 Å². The third kappa shape index (κ3) is 3.70. The zero-order chi connectivity index (χ0) is 13.5. The summed E-state index contributed by atoms with van der Waals surface area (Å²) < 4.78 is 5.01. The van der Waals surface area contributed by atoms with Crippen LogP contribution in [0.4, 0.5) is 5.82 Å². The molecule has 1 amide bonds. The van der Waals surface area contributed by atoms with Crippen LogP contribution in [0.15, 0.2) is 12.1 Å². The highest BCUT2D eigenvalue weighted by molar-refractivity contribution is 5.95. The van der Waals surface area contributed by atoms with Crippen molar-refractivity contribution < 1.29 is 9.53 Å². The molecule has 18 heavy (non-hydrogen) atoms. The van der Waals surface area contributed by atoms with E-state index in [0.29, 0.717) is 31.1 Å². The van der Waals surface area contributed by atoms with Crippen LogP contribution < -0.4 is 5.32 Å². The Labute approximate surface area is 108 Å². The summed E-state index contributed by atoms with van der Waals surface area (Å²) in [5, 5.41) is 2.96. The topological polar surface area (TPSA) is 54.5 Å². The molecular weight excluding hydrogens is 230 g/mol. The normalized spacial score (nSPS) is 10.2. The number of aryl methyl sites for hydroxylation is 1. The standard InChI is InChI=1S/C13H21N3O2/c1-5-16(6-7-18-4)13(17)11-8-10(2)15-12(9-11)14-3/h8-9H,5-7H2,1-4H3,(H,14,15). The lowest BCUT2D eigenvalue weighted by atomic mass is 10.2. The minimum absolute atomic E-state index is 0.0107. The van der Waals surface area contributed by atoms with Crippen LogP contribution in [-0.4, -0.2) is 49.6 Å². The Morgan fingerprint density at radius 2 is 2.22 bits per heavy atom. The van der Waals surface area contributed by atoms with Gasteiger partial charge in [-0.05, 0) is 26.0 Å². The largest absolute Gasteiger partial charge is 0.383 e. The molecule has 0 aromatic carbocycles. The van der Waals surface area contributed by atoms with Crippen molar-refractivity contribution in [2.45, 2.75) is 13.8 Å². The molecule has 0 fully saturated rings. The molecule has 0 aliphatic carbocycles. The zero-order valence-corrected chi connectivity index (χ0v) is 11.5. The predicted octanol–water partition coefficient (Wildman–Crippen LogP) is 1.54. The van der Waals surface area contributed by atoms with E-state index < -0.39 is 0 Å². The number of nitrogens with one attached hydrogen (secondary N) is 1. The van der Waals surface area contributed by atoms with Crippen LogP contribution in [0.25, 0.3) is 0 Å². The number of ether oxygens (including phenoxy) is 1. The lowest BCUT2D eigenvalue weighted by Crippen LogP contribution is -2.33. The number of amides is 1. The van der Waals surface area contributed by atoms with Gasteiger partial charge in [0.15, 0.2) is 0 Å². The van der Waals surface area contributed by atoms with E-state index in [1.807, 2.05) is 13.8 Å². The van der Waals surface area contributed by atoms with Crippen LogP contribution in [0.2, 0.25) is 0 Å². The van der Waals surface area contributed by atoms with Crippen LogP contribution >= 0.6 is 0 Å². The molecule has 1 aromatic rings. The summed E-state index contributed by atoms with van der Waals surface area (Å²) in [5.74, 6) is 0.720. The first kappa shape index (κ1) is 14.4. The van der Waals surface area contributed by atoms with E-state index in [0.717, 1.165) is 5.69 Å². The molecule has 0 atom stereocenters. The Morgan fingerprint density at radius 3 is 2.78 bits per heavy atom. The summed E-state index contributed by atoms with van der Waals surface area (Å²) in [6, 6.07) is 3.57. The number of hydrogen-bond acceptors (Lipinski definition) is 4. The van der Waals surface area contributed by atoms with Crippen molar-refractivity contribution >= 4 is 11.7 Å². The first-order valence-electron chi connectivity index (χ1n) is 6.07. The van der Waals surface area contributed by atoms with E-state index in [9.17, 15) is 4.79 Å². The van der Waals surface area contributed by atoms with Crippen LogP contribution in [-0.2, 0) is 4.74 Å². The van der Waals surface area contributed by atoms with E-state index >= 15 is 0 Å². The van der Waals surface area contributed by atoms with Gasteiger partial charge in [-0.25, -0.2) is 4.98 Å². The lowest BCUT2D eigenvalue weighted by Gasteiger charge is -2.20. The first-order valence-corrected chi connectivity index (χ1v) is 6.07. The van der Waals surface area contributed by atoms with Crippen LogP contribution in [0, 0.1) is 6.92 Å². The molecule has 0 radical (unpaired) electrons. The van der Waals surface area contributed by atoms with Crippen LogP contribution in [0.3, 0.4) is 0 Å². The van der Waals surface area contributed by atoms with Crippen LogP contribution in [0.1, 0.15) is 23.0 Å². The van der Waals surface area contributed by atoms with Gasteiger partial charge in [-0.2, -0.15) is 0 Å². The van der Waals surface area contributed by atoms with Crippen molar-refractivity contribution in [1.29, 1.82) is 0 Å². The molecule has 1 N–H and O–H groups in total. The number of nitrogens with zero attached hydrogens (tertiary/aromatic N) is 2. The minimum Gasteiger partial charge on any atom is -0.383 e. The Balaban J connectivity index is 2.90. The van der Waals surface area contributed by atoms with Gasteiger partial charge >= 0.3 is 0 Å². The molecule has 0 spiro atoms. The third-order valence-corrected chi connectivity index (χ3v) is 2.69. The second-order valence-corrected chi connectivity index (χ2v) is 4.01. The Bertz CT molecular complexity index is 407. The number of pyridine rings is 1. The van der Waals surface area contributed by atoms with E-state index in [4.69, 9.17) is 4.74 Å². The molecule has 0 bridgehead atoms. The molecule has 0 saturated heterocycles. The molecule has 1 heterocycles. The predicted molar refractivity (Wildman–Crippen MR) is 72.0 cm³/mol. The van der Waals surface area contributed by atoms with E-state index in [-0.39, 0.29) is 5.91 Å². The van der Waals surface area contributed by atoms with Crippen molar-refractivity contribution in [2.75, 3.05) is 39.2 Å². The second kappa shape index (κ2) is 6.96. The molecule has 1 rings (SSSR count). The highest BCUT2D eigenvalue weighted by atomic mass is 16.5. The van der Waals surface area contributed by atoms with Gasteiger partial charge < -0.3 is 15.0 Å². The SMILES string of the molecule is CCN(CCOC)C(=O)c1cc(C)nc(NC)c1. The fourth-order valence-corrected chi connectivity index (χ4v) is 1.71. The summed E-state index contributed by atoms with van der Waals surface area (Å²) in [7, 11) is 3.42. The maximum Gasteiger partial charge on any atom is 0.254 e. The van der Waals surface area contributed by atoms with Crippen molar-refractivity contribution in [3.05, 3.63) is 23.4 Å². The maximum absolute atomic E-state index is 12.3. The molecule has 1 aromatic heterocycles. The number of anilines is 1. The number of likely N-dealkylation sites (N-methyl/N-ethyl adjacent to an activating group) is 1. The van der Waals surface area contributed by atoms with Gasteiger partial charge in [0.2, 0.25) is 0 Å². The van der Waals surface area contributed by atoms with Gasteiger partial charge in [0.1, 0.15) is 5.82 Å². The Morgan fingerprint density at radius 1 is 1.50 bits per heavy atom. The van der Waals surface area contributed by atoms with Gasteiger partial charge in [0.25, 0.3) is 5.91 Å². The minimum atomic E-state index is 0.0107. The number of aromatic nitrogens is 1. The van der Waals surface area contributed by atoms with Gasteiger partial charge in [0, 0.05) is 38.5 Å². The lowest BCUT2D eigenvalue weighted by molar-refractivity contribution is 0.0706. The van der Waals surface area contributed by atoms with Crippen LogP contribution in [0.5, 0.6) is 0 Å². The fourth-order valence-electron chi connectivity index (χ4n) is 1.71. The summed E-state index contributed by atoms with van der Waals surface area (Å²) in [6.45, 7) is 5.65. The molecule has 5 nitrogen and oxygen atoms in total. The quantitative estimate of drug-likeness (QED) is 0.833. The molecule has 0 aliphatic heterocycles. The molecule has 0 unspecified atom stereocenters. The molecular formula is C13H21N3O2. The van der Waals surface area contributed by atoms with Crippen molar-refractivity contribution in [2.24, 2.45) is 0 Å². The number of carbonyl (C=O) groups is 1. The third-order valence-electron chi connectivity index (χ3n) is 2.69. The average Bonchev–Trinajstić information content (AvgIpc) is 2.38. The molecule has 0 saturated carbocycles. The van der Waals surface area contributed by atoms with Crippen molar-refractivity contribution in [1.82, 2.24) is 9.88 Å². The number of rotatable bonds is 6. The highest BCUT2D eigenvalue weighted by Crippen LogP contribution is 2.12. The van der Waals surface area contributed by atoms with Gasteiger partial charge in [0.05, 0.1) is 6.61 Å². The van der Waals surface area contributed by atoms with Crippen molar-refractivity contribution in [3.63, 3.8) is 0 Å². The molecule has 100 valence electrons. The zero-order valence-electron chi connectivity index (χ0n) is 11.5. The average molecular weight is 251 g/mol. The van der Waals surface area contributed by atoms with E-state index in [2.05, 4.69) is 10.3 Å². The van der Waals surface area contributed by atoms with Gasteiger partial charge in [-0.1, -0.05) is 0 Å². The monoisotopic (exact) mass is 251 g/mol. The smallest absolute Gasteiger partial charge is 0.254 e. The summed E-state index contributed by atoms with van der Waals surface area (Å²) >= 11 is 0. The van der Waals surface area contributed by atoms with E-state index in [1.54, 1.807) is 31.2 Å². The molecule has 5 heteroatoms. The Hall–Kier alpha value is -1.62. The summed E-state index contributed by atoms with van der Waals surface area (Å²) in [4.78, 5) is 18.4. The number of hydrogen-bond donors (Lipinski definition) is 1. The first-order chi connectivity index (χ1) is 8.62. The van der Waals surface area contributed by atoms with Crippen molar-refractivity contribution in [3.8, 4) is 0 Å². The summed E-state index contributed by atoms with van der Waals surface area (Å²) in [5.41, 5.74) is 1.48. The number of methoxy groups -OCH3 is 1. The number of carbonyl (C=O) groups excluding carboxylic acids is 1. The Kier molecular flexibility index (Phi) is 5.58. The molecule has 0 aliphatic rings. The summed E-state index contributed by atoms with van der Waals surface area (Å²) in [6.07, 6.45) is 0.